The van der Waals surface area contributed by atoms with Crippen LogP contribution in [0.1, 0.15) is 31.1 Å². The highest BCUT2D eigenvalue weighted by Gasteiger charge is 2.21. The fraction of sp³-hybridized carbons (Fsp3) is 0.263. The summed E-state index contributed by atoms with van der Waals surface area (Å²) >= 11 is 0. The number of carbonyl (C=O) groups excluding carboxylic acids is 3. The minimum absolute atomic E-state index is 0.124. The van der Waals surface area contributed by atoms with Crippen LogP contribution >= 0.6 is 0 Å². The number of rotatable bonds is 5. The number of hydrogen-bond acceptors (Lipinski definition) is 5. The van der Waals surface area contributed by atoms with Gasteiger partial charge in [0.15, 0.2) is 0 Å². The summed E-state index contributed by atoms with van der Waals surface area (Å²) in [7, 11) is 0. The second-order valence-electron chi connectivity index (χ2n) is 6.10. The van der Waals surface area contributed by atoms with Crippen molar-refractivity contribution in [3.63, 3.8) is 0 Å². The molecule has 1 aliphatic rings. The fourth-order valence-electron chi connectivity index (χ4n) is 2.71. The lowest BCUT2D eigenvalue weighted by Crippen LogP contribution is -2.37. The monoisotopic (exact) mass is 368 g/mol. The van der Waals surface area contributed by atoms with Crippen molar-refractivity contribution in [1.29, 1.82) is 0 Å². The van der Waals surface area contributed by atoms with E-state index in [1.165, 1.54) is 6.26 Å². The van der Waals surface area contributed by atoms with Gasteiger partial charge in [-0.3, -0.25) is 14.4 Å². The zero-order valence-electron chi connectivity index (χ0n) is 14.9. The van der Waals surface area contributed by atoms with E-state index < -0.39 is 11.8 Å². The smallest absolute Gasteiger partial charge is 0.329 e. The molecule has 1 aromatic carbocycles. The van der Waals surface area contributed by atoms with Gasteiger partial charge in [-0.1, -0.05) is 12.1 Å². The first-order valence-electron chi connectivity index (χ1n) is 8.60. The van der Waals surface area contributed by atoms with Crippen molar-refractivity contribution in [2.24, 2.45) is 5.10 Å². The summed E-state index contributed by atoms with van der Waals surface area (Å²) in [6.07, 6.45) is 2.94. The highest BCUT2D eigenvalue weighted by molar-refractivity contribution is 6.35. The number of carbonyl (C=O) groups is 3. The number of hydrazone groups is 1. The lowest BCUT2D eigenvalue weighted by molar-refractivity contribution is -0.139. The average molecular weight is 368 g/mol. The molecule has 1 fully saturated rings. The summed E-state index contributed by atoms with van der Waals surface area (Å²) in [5.41, 5.74) is 4.39. The first kappa shape index (κ1) is 18.4. The molecule has 0 spiro atoms. The average Bonchev–Trinajstić information content (AvgIpc) is 3.35. The van der Waals surface area contributed by atoms with Crippen LogP contribution in [0.2, 0.25) is 0 Å². The Bertz CT molecular complexity index is 856. The van der Waals surface area contributed by atoms with Crippen LogP contribution in [0.4, 0.5) is 5.69 Å². The number of furan rings is 1. The van der Waals surface area contributed by atoms with Crippen LogP contribution in [-0.4, -0.2) is 30.0 Å². The molecule has 2 N–H and O–H groups in total. The number of nitrogens with zero attached hydrogens (tertiary/aromatic N) is 2. The fourth-order valence-corrected chi connectivity index (χ4v) is 2.71. The maximum Gasteiger partial charge on any atom is 0.329 e. The standard InChI is InChI=1S/C19H20N4O4/c1-13(14-6-8-15(9-7-14)23-10-2-5-17(23)24)21-22-19(26)18(25)20-12-16-4-3-11-27-16/h3-4,6-9,11H,2,5,10,12H2,1H3,(H,20,25)(H,22,26)/b21-13-. The molecule has 140 valence electrons. The van der Waals surface area contributed by atoms with E-state index in [-0.39, 0.29) is 12.5 Å². The van der Waals surface area contributed by atoms with Gasteiger partial charge in [0.05, 0.1) is 18.5 Å². The summed E-state index contributed by atoms with van der Waals surface area (Å²) in [6, 6.07) is 10.7. The number of nitrogens with one attached hydrogen (secondary N) is 2. The molecule has 0 unspecified atom stereocenters. The molecule has 2 heterocycles. The van der Waals surface area contributed by atoms with E-state index >= 15 is 0 Å². The molecule has 2 aromatic rings. The van der Waals surface area contributed by atoms with Crippen molar-refractivity contribution in [2.45, 2.75) is 26.3 Å². The highest BCUT2D eigenvalue weighted by atomic mass is 16.3. The Morgan fingerprint density at radius 3 is 2.59 bits per heavy atom. The SMILES string of the molecule is C/C(=N/NC(=O)C(=O)NCc1ccco1)c1ccc(N2CCCC2=O)cc1. The van der Waals surface area contributed by atoms with E-state index in [0.29, 0.717) is 17.9 Å². The lowest BCUT2D eigenvalue weighted by atomic mass is 10.1. The quantitative estimate of drug-likeness (QED) is 0.475. The van der Waals surface area contributed by atoms with E-state index in [1.807, 2.05) is 24.3 Å². The lowest BCUT2D eigenvalue weighted by Gasteiger charge is -2.15. The molecule has 1 saturated heterocycles. The van der Waals surface area contributed by atoms with Crippen LogP contribution in [0.3, 0.4) is 0 Å². The van der Waals surface area contributed by atoms with Crippen LogP contribution in [-0.2, 0) is 20.9 Å². The van der Waals surface area contributed by atoms with Crippen molar-refractivity contribution in [2.75, 3.05) is 11.4 Å². The van der Waals surface area contributed by atoms with E-state index in [2.05, 4.69) is 15.8 Å². The van der Waals surface area contributed by atoms with Gasteiger partial charge in [-0.2, -0.15) is 5.10 Å². The van der Waals surface area contributed by atoms with Crippen LogP contribution < -0.4 is 15.6 Å². The Hall–Kier alpha value is -3.42. The molecule has 0 radical (unpaired) electrons. The van der Waals surface area contributed by atoms with Crippen molar-refractivity contribution < 1.29 is 18.8 Å². The molecule has 27 heavy (non-hydrogen) atoms. The third-order valence-corrected chi connectivity index (χ3v) is 4.20. The van der Waals surface area contributed by atoms with Gasteiger partial charge in [0.25, 0.3) is 0 Å². The summed E-state index contributed by atoms with van der Waals surface area (Å²) in [4.78, 5) is 37.1. The molecular weight excluding hydrogens is 348 g/mol. The van der Waals surface area contributed by atoms with Crippen LogP contribution in [0.5, 0.6) is 0 Å². The molecule has 0 aliphatic carbocycles. The van der Waals surface area contributed by atoms with Gasteiger partial charge in [0, 0.05) is 18.7 Å². The van der Waals surface area contributed by atoms with Gasteiger partial charge in [-0.05, 0) is 43.2 Å². The highest BCUT2D eigenvalue weighted by Crippen LogP contribution is 2.21. The molecule has 8 nitrogen and oxygen atoms in total. The minimum atomic E-state index is -0.861. The zero-order chi connectivity index (χ0) is 19.2. The largest absolute Gasteiger partial charge is 0.467 e. The van der Waals surface area contributed by atoms with Crippen molar-refractivity contribution in [3.05, 3.63) is 54.0 Å². The third-order valence-electron chi connectivity index (χ3n) is 4.20. The van der Waals surface area contributed by atoms with Gasteiger partial charge in [-0.15, -0.1) is 0 Å². The van der Waals surface area contributed by atoms with E-state index in [1.54, 1.807) is 24.0 Å². The number of amides is 3. The molecule has 0 saturated carbocycles. The molecule has 1 aliphatic heterocycles. The molecule has 0 bridgehead atoms. The molecular formula is C19H20N4O4. The summed E-state index contributed by atoms with van der Waals surface area (Å²) in [5.74, 6) is -0.987. The van der Waals surface area contributed by atoms with Gasteiger partial charge in [-0.25, -0.2) is 5.43 Å². The minimum Gasteiger partial charge on any atom is -0.467 e. The molecule has 8 heteroatoms. The summed E-state index contributed by atoms with van der Waals surface area (Å²) in [6.45, 7) is 2.57. The summed E-state index contributed by atoms with van der Waals surface area (Å²) < 4.78 is 5.07. The Balaban J connectivity index is 1.54. The molecule has 1 aromatic heterocycles. The van der Waals surface area contributed by atoms with Crippen LogP contribution in [0.15, 0.2) is 52.2 Å². The van der Waals surface area contributed by atoms with Gasteiger partial charge in [0.1, 0.15) is 5.76 Å². The van der Waals surface area contributed by atoms with E-state index in [0.717, 1.165) is 24.2 Å². The maximum atomic E-state index is 11.8. The van der Waals surface area contributed by atoms with Gasteiger partial charge < -0.3 is 14.6 Å². The number of hydrogen-bond donors (Lipinski definition) is 2. The van der Waals surface area contributed by atoms with Crippen molar-refractivity contribution in [1.82, 2.24) is 10.7 Å². The molecule has 3 rings (SSSR count). The van der Waals surface area contributed by atoms with Crippen LogP contribution in [0, 0.1) is 0 Å². The number of benzene rings is 1. The first-order valence-corrected chi connectivity index (χ1v) is 8.60. The Labute approximate surface area is 156 Å². The van der Waals surface area contributed by atoms with E-state index in [4.69, 9.17) is 4.42 Å². The maximum absolute atomic E-state index is 11.8. The molecule has 3 amide bonds. The summed E-state index contributed by atoms with van der Waals surface area (Å²) in [5, 5.41) is 6.39. The predicted octanol–water partition coefficient (Wildman–Crippen LogP) is 1.56. The second kappa shape index (κ2) is 8.31. The van der Waals surface area contributed by atoms with E-state index in [9.17, 15) is 14.4 Å². The van der Waals surface area contributed by atoms with Crippen LogP contribution in [0.25, 0.3) is 0 Å². The van der Waals surface area contributed by atoms with Crippen molar-refractivity contribution >= 4 is 29.1 Å². The van der Waals surface area contributed by atoms with Gasteiger partial charge >= 0.3 is 11.8 Å². The Morgan fingerprint density at radius 2 is 1.96 bits per heavy atom. The normalized spacial score (nSPS) is 14.3. The third kappa shape index (κ3) is 4.60. The Kier molecular flexibility index (Phi) is 5.65. The Morgan fingerprint density at radius 1 is 1.19 bits per heavy atom. The molecule has 0 atom stereocenters. The second-order valence-corrected chi connectivity index (χ2v) is 6.10. The topological polar surface area (TPSA) is 104 Å². The van der Waals surface area contributed by atoms with Gasteiger partial charge in [0.2, 0.25) is 5.91 Å². The number of anilines is 1. The first-order chi connectivity index (χ1) is 13.0. The predicted molar refractivity (Wildman–Crippen MR) is 98.9 cm³/mol. The van der Waals surface area contributed by atoms with Crippen molar-refractivity contribution in [3.8, 4) is 0 Å². The zero-order valence-corrected chi connectivity index (χ0v) is 14.9.